The summed E-state index contributed by atoms with van der Waals surface area (Å²) in [6.45, 7) is 7.60. The number of pyridine rings is 1. The van der Waals surface area contributed by atoms with Crippen molar-refractivity contribution in [1.82, 2.24) is 29.9 Å². The molecule has 206 valence electrons. The van der Waals surface area contributed by atoms with Crippen molar-refractivity contribution < 1.29 is 14.3 Å². The van der Waals surface area contributed by atoms with Gasteiger partial charge < -0.3 is 19.3 Å². The van der Waals surface area contributed by atoms with Gasteiger partial charge in [-0.1, -0.05) is 19.1 Å². The van der Waals surface area contributed by atoms with Crippen molar-refractivity contribution in [2.45, 2.75) is 13.3 Å². The lowest BCUT2D eigenvalue weighted by Crippen LogP contribution is -2.50. The number of nitrogens with zero attached hydrogens (tertiary/aromatic N) is 5. The van der Waals surface area contributed by atoms with E-state index in [0.29, 0.717) is 17.1 Å². The Kier molecular flexibility index (Phi) is 7.99. The lowest BCUT2D eigenvalue weighted by atomic mass is 9.88. The number of benzene rings is 1. The van der Waals surface area contributed by atoms with Crippen molar-refractivity contribution in [3.05, 3.63) is 53.8 Å². The highest BCUT2D eigenvalue weighted by Gasteiger charge is 2.26. The van der Waals surface area contributed by atoms with Crippen molar-refractivity contribution in [3.8, 4) is 22.8 Å². The average Bonchev–Trinajstić information content (AvgIpc) is 3.38. The Bertz CT molecular complexity index is 1380. The van der Waals surface area contributed by atoms with Gasteiger partial charge in [0, 0.05) is 62.0 Å². The Labute approximate surface area is 230 Å². The number of amides is 1. The number of hydrogen-bond acceptors (Lipinski definition) is 7. The molecular weight excluding hydrogens is 492 g/mol. The fraction of sp³-hybridized carbons (Fsp3) is 0.433. The maximum Gasteiger partial charge on any atom is 0.249 e. The van der Waals surface area contributed by atoms with Crippen LogP contribution in [0.4, 0.5) is 0 Å². The summed E-state index contributed by atoms with van der Waals surface area (Å²) < 4.78 is 11.3. The number of piperazine rings is 1. The Morgan fingerprint density at radius 1 is 1.13 bits per heavy atom. The monoisotopic (exact) mass is 530 g/mol. The van der Waals surface area contributed by atoms with E-state index in [9.17, 15) is 4.79 Å². The number of rotatable bonds is 8. The zero-order valence-electron chi connectivity index (χ0n) is 23.5. The van der Waals surface area contributed by atoms with Crippen molar-refractivity contribution in [1.29, 1.82) is 0 Å². The Morgan fingerprint density at radius 3 is 2.51 bits per heavy atom. The van der Waals surface area contributed by atoms with E-state index in [4.69, 9.17) is 9.47 Å². The van der Waals surface area contributed by atoms with E-state index < -0.39 is 0 Å². The third-order valence-electron chi connectivity index (χ3n) is 7.55. The average molecular weight is 531 g/mol. The van der Waals surface area contributed by atoms with Crippen molar-refractivity contribution >= 4 is 22.5 Å². The van der Waals surface area contributed by atoms with Crippen LogP contribution in [0, 0.1) is 5.92 Å². The summed E-state index contributed by atoms with van der Waals surface area (Å²) in [7, 11) is 7.47. The van der Waals surface area contributed by atoms with Crippen molar-refractivity contribution in [2.75, 3.05) is 67.6 Å². The number of likely N-dealkylation sites (N-methyl/N-ethyl adjacent to an activating group) is 1. The van der Waals surface area contributed by atoms with Crippen LogP contribution >= 0.6 is 0 Å². The molecule has 1 N–H and O–H groups in total. The van der Waals surface area contributed by atoms with E-state index in [1.54, 1.807) is 14.2 Å². The number of fused-ring (bicyclic) bond motifs is 1. The summed E-state index contributed by atoms with van der Waals surface area (Å²) in [5, 5.41) is 8.43. The lowest BCUT2D eigenvalue weighted by Gasteiger charge is -2.36. The number of hydrogen-bond donors (Lipinski definition) is 1. The molecule has 2 aliphatic rings. The molecule has 0 radical (unpaired) electrons. The van der Waals surface area contributed by atoms with Gasteiger partial charge in [-0.05, 0) is 56.3 Å². The first kappa shape index (κ1) is 26.9. The summed E-state index contributed by atoms with van der Waals surface area (Å²) in [5.41, 5.74) is 5.01. The molecule has 9 nitrogen and oxygen atoms in total. The second kappa shape index (κ2) is 11.6. The van der Waals surface area contributed by atoms with Gasteiger partial charge in [0.05, 0.1) is 25.5 Å². The number of nitrogens with one attached hydrogen (secondary N) is 1. The number of allylic oxidation sites excluding steroid dienone is 3. The van der Waals surface area contributed by atoms with Gasteiger partial charge in [-0.25, -0.2) is 4.98 Å². The van der Waals surface area contributed by atoms with E-state index in [1.807, 2.05) is 35.4 Å². The van der Waals surface area contributed by atoms with Gasteiger partial charge in [0.15, 0.2) is 5.65 Å². The molecule has 0 bridgehead atoms. The van der Waals surface area contributed by atoms with Gasteiger partial charge in [-0.15, -0.1) is 0 Å². The topological polar surface area (TPSA) is 86.8 Å². The van der Waals surface area contributed by atoms with Gasteiger partial charge in [-0.3, -0.25) is 14.8 Å². The molecule has 1 aromatic carbocycles. The minimum Gasteiger partial charge on any atom is -0.496 e. The van der Waals surface area contributed by atoms with Crippen LogP contribution in [-0.4, -0.2) is 103 Å². The SMILES string of the molecule is COc1cccc(OC)c1-c1[nH]nc2ncc(C3=CC(C)CC(C(=O)N4CCN(CCN(C)C)CC4)=C3)cc12. The quantitative estimate of drug-likeness (QED) is 0.475. The smallest absolute Gasteiger partial charge is 0.249 e. The molecule has 5 rings (SSSR count). The first-order chi connectivity index (χ1) is 18.9. The van der Waals surface area contributed by atoms with Crippen LogP contribution in [0.1, 0.15) is 18.9 Å². The predicted octanol–water partition coefficient (Wildman–Crippen LogP) is 3.70. The van der Waals surface area contributed by atoms with Crippen LogP contribution in [0.15, 0.2) is 48.2 Å². The number of carbonyl (C=O) groups is 1. The summed E-state index contributed by atoms with van der Waals surface area (Å²) in [6, 6.07) is 7.77. The number of H-pyrrole nitrogens is 1. The molecule has 1 aliphatic heterocycles. The van der Waals surface area contributed by atoms with Crippen LogP contribution in [0.25, 0.3) is 27.9 Å². The molecule has 9 heteroatoms. The molecule has 2 aromatic heterocycles. The lowest BCUT2D eigenvalue weighted by molar-refractivity contribution is -0.129. The number of methoxy groups -OCH3 is 2. The van der Waals surface area contributed by atoms with Crippen LogP contribution in [0.2, 0.25) is 0 Å². The molecule has 39 heavy (non-hydrogen) atoms. The molecule has 3 aromatic rings. The van der Waals surface area contributed by atoms with Crippen molar-refractivity contribution in [2.24, 2.45) is 5.92 Å². The molecule has 0 spiro atoms. The van der Waals surface area contributed by atoms with Gasteiger partial charge in [0.25, 0.3) is 0 Å². The van der Waals surface area contributed by atoms with E-state index in [1.165, 1.54) is 0 Å². The largest absolute Gasteiger partial charge is 0.496 e. The molecule has 1 atom stereocenters. The maximum atomic E-state index is 13.5. The molecule has 1 fully saturated rings. The first-order valence-corrected chi connectivity index (χ1v) is 13.5. The summed E-state index contributed by atoms with van der Waals surface area (Å²) in [4.78, 5) is 24.8. The Balaban J connectivity index is 1.41. The van der Waals surface area contributed by atoms with Gasteiger partial charge in [-0.2, -0.15) is 5.10 Å². The normalized spacial score (nSPS) is 18.3. The van der Waals surface area contributed by atoms with E-state index in [2.05, 4.69) is 58.1 Å². The highest BCUT2D eigenvalue weighted by Crippen LogP contribution is 2.41. The van der Waals surface area contributed by atoms with Crippen LogP contribution < -0.4 is 9.47 Å². The molecule has 1 amide bonds. The number of ether oxygens (including phenoxy) is 2. The minimum absolute atomic E-state index is 0.150. The van der Waals surface area contributed by atoms with E-state index >= 15 is 0 Å². The predicted molar refractivity (Wildman–Crippen MR) is 154 cm³/mol. The highest BCUT2D eigenvalue weighted by molar-refractivity contribution is 5.99. The van der Waals surface area contributed by atoms with Gasteiger partial charge >= 0.3 is 0 Å². The number of aromatic nitrogens is 3. The van der Waals surface area contributed by atoms with Crippen molar-refractivity contribution in [3.63, 3.8) is 0 Å². The fourth-order valence-corrected chi connectivity index (χ4v) is 5.40. The highest BCUT2D eigenvalue weighted by atomic mass is 16.5. The summed E-state index contributed by atoms with van der Waals surface area (Å²) in [5.74, 6) is 1.77. The summed E-state index contributed by atoms with van der Waals surface area (Å²) in [6.07, 6.45) is 6.85. The van der Waals surface area contributed by atoms with Crippen LogP contribution in [-0.2, 0) is 4.79 Å². The number of carbonyl (C=O) groups excluding carboxylic acids is 1. The van der Waals surface area contributed by atoms with E-state index in [-0.39, 0.29) is 11.8 Å². The standard InChI is InChI=1S/C30H38N6O3/c1-20-15-21(17-22(16-20)30(37)36-13-11-35(12-14-36)10-9-34(2)3)23-18-24-28(32-33-29(24)31-19-23)27-25(38-4)7-6-8-26(27)39-5/h6-8,15,17-20H,9-14,16H2,1-5H3,(H,31,32,33). The van der Waals surface area contributed by atoms with Crippen LogP contribution in [0.3, 0.4) is 0 Å². The molecule has 1 aliphatic carbocycles. The third-order valence-corrected chi connectivity index (χ3v) is 7.55. The number of aromatic amines is 1. The minimum atomic E-state index is 0.150. The van der Waals surface area contributed by atoms with Gasteiger partial charge in [0.1, 0.15) is 11.5 Å². The van der Waals surface area contributed by atoms with Gasteiger partial charge in [0.2, 0.25) is 5.91 Å². The third kappa shape index (κ3) is 5.69. The van der Waals surface area contributed by atoms with Crippen LogP contribution in [0.5, 0.6) is 11.5 Å². The second-order valence-electron chi connectivity index (χ2n) is 10.6. The molecule has 1 saturated heterocycles. The first-order valence-electron chi connectivity index (χ1n) is 13.5. The maximum absolute atomic E-state index is 13.5. The second-order valence-corrected chi connectivity index (χ2v) is 10.6. The molecule has 1 unspecified atom stereocenters. The zero-order valence-corrected chi connectivity index (χ0v) is 23.5. The Hall–Kier alpha value is -3.69. The van der Waals surface area contributed by atoms with E-state index in [0.717, 1.165) is 79.0 Å². The molecule has 0 saturated carbocycles. The zero-order chi connectivity index (χ0) is 27.5. The molecule has 3 heterocycles. The summed E-state index contributed by atoms with van der Waals surface area (Å²) >= 11 is 0. The Morgan fingerprint density at radius 2 is 1.85 bits per heavy atom. The molecular formula is C30H38N6O3. The fourth-order valence-electron chi connectivity index (χ4n) is 5.40.